The lowest BCUT2D eigenvalue weighted by molar-refractivity contribution is -0.137. The summed E-state index contributed by atoms with van der Waals surface area (Å²) in [6, 6.07) is 5.27. The van der Waals surface area contributed by atoms with Gasteiger partial charge in [-0.3, -0.25) is 9.59 Å². The average molecular weight is 481 g/mol. The van der Waals surface area contributed by atoms with Crippen molar-refractivity contribution in [2.24, 2.45) is 0 Å². The number of aryl methyl sites for hydroxylation is 2. The van der Waals surface area contributed by atoms with Crippen molar-refractivity contribution in [3.8, 4) is 5.88 Å². The Balaban J connectivity index is 1.30. The molecule has 2 unspecified atom stereocenters. The number of aliphatic carboxylic acids is 1. The van der Waals surface area contributed by atoms with Gasteiger partial charge >= 0.3 is 12.0 Å². The van der Waals surface area contributed by atoms with Gasteiger partial charge in [0.2, 0.25) is 5.88 Å². The second kappa shape index (κ2) is 9.77. The van der Waals surface area contributed by atoms with Crippen molar-refractivity contribution < 1.29 is 24.2 Å². The number of nitrogens with one attached hydrogen (secondary N) is 3. The summed E-state index contributed by atoms with van der Waals surface area (Å²) in [5.41, 5.74) is 3.23. The Morgan fingerprint density at radius 3 is 3.03 bits per heavy atom. The lowest BCUT2D eigenvalue weighted by atomic mass is 9.88. The predicted molar refractivity (Wildman–Crippen MR) is 127 cm³/mol. The smallest absolute Gasteiger partial charge is 0.317 e. The Hall–Kier alpha value is -3.89. The van der Waals surface area contributed by atoms with E-state index in [1.807, 2.05) is 6.07 Å². The normalized spacial score (nSPS) is 19.5. The Labute approximate surface area is 202 Å². The van der Waals surface area contributed by atoms with Crippen molar-refractivity contribution in [2.45, 2.75) is 44.1 Å². The summed E-state index contributed by atoms with van der Waals surface area (Å²) < 4.78 is 5.32. The van der Waals surface area contributed by atoms with Crippen molar-refractivity contribution >= 4 is 29.4 Å². The lowest BCUT2D eigenvalue weighted by Gasteiger charge is -2.30. The van der Waals surface area contributed by atoms with Crippen LogP contribution in [0.1, 0.15) is 42.0 Å². The molecule has 3 aliphatic heterocycles. The Kier molecular flexibility index (Phi) is 6.39. The zero-order chi connectivity index (χ0) is 24.4. The number of anilines is 2. The topological polar surface area (TPSA) is 146 Å². The van der Waals surface area contributed by atoms with Gasteiger partial charge in [0, 0.05) is 37.4 Å². The van der Waals surface area contributed by atoms with Gasteiger partial charge in [-0.05, 0) is 48.9 Å². The van der Waals surface area contributed by atoms with Gasteiger partial charge in [0.1, 0.15) is 11.5 Å². The summed E-state index contributed by atoms with van der Waals surface area (Å²) >= 11 is 0. The van der Waals surface area contributed by atoms with Gasteiger partial charge in [0.15, 0.2) is 6.61 Å². The summed E-state index contributed by atoms with van der Waals surface area (Å²) in [6.45, 7) is 1.62. The number of ether oxygens (including phenoxy) is 1. The summed E-state index contributed by atoms with van der Waals surface area (Å²) in [7, 11) is 0. The maximum atomic E-state index is 12.7. The monoisotopic (exact) mass is 480 g/mol. The van der Waals surface area contributed by atoms with Crippen LogP contribution in [-0.2, 0) is 22.4 Å². The number of hydrogen-bond acceptors (Lipinski definition) is 7. The molecular formula is C24H28N6O5. The van der Waals surface area contributed by atoms with E-state index in [-0.39, 0.29) is 31.0 Å². The van der Waals surface area contributed by atoms with Gasteiger partial charge in [0.25, 0.3) is 5.91 Å². The molecule has 3 aliphatic rings. The van der Waals surface area contributed by atoms with Gasteiger partial charge in [-0.1, -0.05) is 6.07 Å². The molecule has 184 valence electrons. The summed E-state index contributed by atoms with van der Waals surface area (Å²) in [5.74, 6) is -0.529. The van der Waals surface area contributed by atoms with E-state index in [0.29, 0.717) is 43.1 Å². The van der Waals surface area contributed by atoms with E-state index in [0.717, 1.165) is 30.9 Å². The number of rotatable bonds is 8. The third-order valence-corrected chi connectivity index (χ3v) is 6.68. The molecule has 0 radical (unpaired) electrons. The second-order valence-corrected chi connectivity index (χ2v) is 9.05. The zero-order valence-electron chi connectivity index (χ0n) is 19.2. The minimum absolute atomic E-state index is 0.109. The molecule has 0 aromatic carbocycles. The highest BCUT2D eigenvalue weighted by Gasteiger charge is 2.38. The third kappa shape index (κ3) is 4.98. The number of hydrogen-bond donors (Lipinski definition) is 4. The van der Waals surface area contributed by atoms with Gasteiger partial charge < -0.3 is 30.7 Å². The van der Waals surface area contributed by atoms with Crippen molar-refractivity contribution in [3.63, 3.8) is 0 Å². The lowest BCUT2D eigenvalue weighted by Crippen LogP contribution is -2.40. The highest BCUT2D eigenvalue weighted by molar-refractivity contribution is 5.95. The van der Waals surface area contributed by atoms with Crippen LogP contribution in [0, 0.1) is 0 Å². The molecule has 2 atom stereocenters. The number of carboxylic acid groups (broad SMARTS) is 1. The molecule has 4 N–H and O–H groups in total. The number of fused-ring (bicyclic) bond motifs is 2. The van der Waals surface area contributed by atoms with Crippen LogP contribution in [-0.4, -0.2) is 70.2 Å². The van der Waals surface area contributed by atoms with E-state index in [2.05, 4.69) is 27.0 Å². The first kappa shape index (κ1) is 22.9. The highest BCUT2D eigenvalue weighted by atomic mass is 16.5. The summed E-state index contributed by atoms with van der Waals surface area (Å²) in [4.78, 5) is 46.8. The van der Waals surface area contributed by atoms with Crippen molar-refractivity contribution in [3.05, 3.63) is 41.2 Å². The number of pyridine rings is 2. The van der Waals surface area contributed by atoms with E-state index in [9.17, 15) is 19.5 Å². The van der Waals surface area contributed by atoms with Crippen LogP contribution in [0.25, 0.3) is 0 Å². The largest absolute Gasteiger partial charge is 0.481 e. The molecule has 2 aromatic heterocycles. The maximum absolute atomic E-state index is 12.7. The maximum Gasteiger partial charge on any atom is 0.317 e. The first-order chi connectivity index (χ1) is 17.0. The number of urea groups is 1. The van der Waals surface area contributed by atoms with Crippen LogP contribution in [0.15, 0.2) is 24.4 Å². The molecule has 1 fully saturated rings. The first-order valence-electron chi connectivity index (χ1n) is 11.9. The fraction of sp³-hybridized carbons (Fsp3) is 0.458. The van der Waals surface area contributed by atoms with E-state index < -0.39 is 11.9 Å². The van der Waals surface area contributed by atoms with Gasteiger partial charge in [-0.15, -0.1) is 0 Å². The molecule has 11 nitrogen and oxygen atoms in total. The summed E-state index contributed by atoms with van der Waals surface area (Å²) in [6.07, 6.45) is 4.93. The number of aromatic nitrogens is 2. The number of carbonyl (C=O) groups excluding carboxylic acids is 2. The third-order valence-electron chi connectivity index (χ3n) is 6.68. The Bertz CT molecular complexity index is 1160. The first-order valence-corrected chi connectivity index (χ1v) is 11.9. The minimum Gasteiger partial charge on any atom is -0.481 e. The fourth-order valence-electron chi connectivity index (χ4n) is 4.98. The molecule has 0 bridgehead atoms. The summed E-state index contributed by atoms with van der Waals surface area (Å²) in [5, 5.41) is 18.5. The van der Waals surface area contributed by atoms with Crippen LogP contribution >= 0.6 is 0 Å². The van der Waals surface area contributed by atoms with Crippen LogP contribution in [0.4, 0.5) is 16.3 Å². The van der Waals surface area contributed by atoms with Crippen LogP contribution in [0.2, 0.25) is 0 Å². The molecule has 0 saturated carbocycles. The highest BCUT2D eigenvalue weighted by Crippen LogP contribution is 2.34. The van der Waals surface area contributed by atoms with E-state index in [4.69, 9.17) is 9.72 Å². The molecule has 5 rings (SSSR count). The Morgan fingerprint density at radius 2 is 2.17 bits per heavy atom. The molecule has 11 heteroatoms. The van der Waals surface area contributed by atoms with E-state index in [1.54, 1.807) is 17.2 Å². The van der Waals surface area contributed by atoms with Crippen LogP contribution in [0.5, 0.6) is 5.88 Å². The Morgan fingerprint density at radius 1 is 1.29 bits per heavy atom. The van der Waals surface area contributed by atoms with Crippen molar-refractivity contribution in [1.29, 1.82) is 0 Å². The van der Waals surface area contributed by atoms with Crippen molar-refractivity contribution in [1.82, 2.24) is 20.2 Å². The van der Waals surface area contributed by atoms with Gasteiger partial charge in [-0.25, -0.2) is 14.8 Å². The number of carbonyl (C=O) groups is 3. The quantitative estimate of drug-likeness (QED) is 0.447. The van der Waals surface area contributed by atoms with Crippen LogP contribution < -0.4 is 20.7 Å². The molecule has 3 amide bonds. The molecule has 0 spiro atoms. The van der Waals surface area contributed by atoms with Crippen molar-refractivity contribution in [2.75, 3.05) is 36.9 Å². The molecule has 0 aliphatic carbocycles. The van der Waals surface area contributed by atoms with E-state index >= 15 is 0 Å². The van der Waals surface area contributed by atoms with Gasteiger partial charge in [-0.2, -0.15) is 0 Å². The molecule has 35 heavy (non-hydrogen) atoms. The molecule has 1 saturated heterocycles. The average Bonchev–Trinajstić information content (AvgIpc) is 3.21. The molecule has 2 aromatic rings. The van der Waals surface area contributed by atoms with E-state index in [1.165, 1.54) is 5.56 Å². The van der Waals surface area contributed by atoms with Gasteiger partial charge in [0.05, 0.1) is 12.5 Å². The standard InChI is InChI=1S/C24H28N6O5/c31-20-13-35-23-18(29-20)9-15(11-26-23)17(10-21(32)33)19-12-27-24(34)30(19)8-2-4-16-6-5-14-3-1-7-25-22(14)28-16/h5-6,9,11,17,19H,1-4,7-8,10,12-13H2,(H,25,28)(H,27,34)(H,29,31)(H,32,33). The number of amides is 3. The minimum atomic E-state index is -0.974. The SMILES string of the molecule is O=C(O)CC(c1cnc2c(c1)NC(=O)CO2)C1CNC(=O)N1CCCc1ccc2c(n1)NCCC2. The van der Waals surface area contributed by atoms with Crippen LogP contribution in [0.3, 0.4) is 0 Å². The number of carboxylic acids is 1. The molecule has 5 heterocycles. The molecular weight excluding hydrogens is 452 g/mol. The fourth-order valence-corrected chi connectivity index (χ4v) is 4.98. The number of nitrogens with zero attached hydrogens (tertiary/aromatic N) is 3. The second-order valence-electron chi connectivity index (χ2n) is 9.05. The zero-order valence-corrected chi connectivity index (χ0v) is 19.2. The predicted octanol–water partition coefficient (Wildman–Crippen LogP) is 1.75.